The zero-order valence-electron chi connectivity index (χ0n) is 43.4. The second-order valence-electron chi connectivity index (χ2n) is 21.0. The van der Waals surface area contributed by atoms with E-state index in [0.717, 1.165) is 75.5 Å². The van der Waals surface area contributed by atoms with E-state index in [1.165, 1.54) is 193 Å². The van der Waals surface area contributed by atoms with Gasteiger partial charge in [-0.3, -0.25) is 14.4 Å². The van der Waals surface area contributed by atoms with Crippen LogP contribution in [0.1, 0.15) is 311 Å². The number of ether oxygens (including phenoxy) is 3. The first-order chi connectivity index (χ1) is 30.6. The van der Waals surface area contributed by atoms with Crippen LogP contribution in [0, 0.1) is 17.8 Å². The minimum absolute atomic E-state index is 0.0645. The Kier molecular flexibility index (Phi) is 47.1. The summed E-state index contributed by atoms with van der Waals surface area (Å²) in [5, 5.41) is 0. The molecule has 0 spiro atoms. The molecular formula is C57H110O6. The van der Waals surface area contributed by atoms with Gasteiger partial charge >= 0.3 is 17.9 Å². The second kappa shape index (κ2) is 48.3. The largest absolute Gasteiger partial charge is 0.462 e. The van der Waals surface area contributed by atoms with Crippen molar-refractivity contribution in [3.63, 3.8) is 0 Å². The van der Waals surface area contributed by atoms with E-state index >= 15 is 0 Å². The first kappa shape index (κ1) is 61.4. The molecule has 0 radical (unpaired) electrons. The van der Waals surface area contributed by atoms with Crippen LogP contribution >= 0.6 is 0 Å². The van der Waals surface area contributed by atoms with Crippen molar-refractivity contribution < 1.29 is 28.6 Å². The molecule has 0 aromatic rings. The van der Waals surface area contributed by atoms with Crippen LogP contribution in [-0.2, 0) is 28.6 Å². The molecule has 1 atom stereocenters. The summed E-state index contributed by atoms with van der Waals surface area (Å²) in [6.07, 6.45) is 49.7. The van der Waals surface area contributed by atoms with Crippen LogP contribution in [0.3, 0.4) is 0 Å². The molecule has 0 aromatic heterocycles. The Morgan fingerprint density at radius 1 is 0.270 bits per heavy atom. The predicted molar refractivity (Wildman–Crippen MR) is 270 cm³/mol. The highest BCUT2D eigenvalue weighted by Gasteiger charge is 2.19. The summed E-state index contributed by atoms with van der Waals surface area (Å²) in [5.74, 6) is 1.61. The lowest BCUT2D eigenvalue weighted by Gasteiger charge is -2.18. The topological polar surface area (TPSA) is 78.9 Å². The molecule has 0 aromatic carbocycles. The van der Waals surface area contributed by atoms with Gasteiger partial charge in [-0.15, -0.1) is 0 Å². The van der Waals surface area contributed by atoms with Crippen LogP contribution in [0.15, 0.2) is 0 Å². The van der Waals surface area contributed by atoms with Crippen molar-refractivity contribution in [2.24, 2.45) is 17.8 Å². The lowest BCUT2D eigenvalue weighted by atomic mass is 10.0. The van der Waals surface area contributed by atoms with Gasteiger partial charge in [-0.05, 0) is 37.0 Å². The molecule has 0 aliphatic heterocycles. The SMILES string of the molecule is CC(C)CCCCCCCCCCCCCCCCCC(=O)OC[C@H](COC(=O)CCCCCCCCC(C)C)OC(=O)CCCCCCCCCCCCCCCCCC(C)C. The van der Waals surface area contributed by atoms with Crippen LogP contribution in [0.2, 0.25) is 0 Å². The Labute approximate surface area is 393 Å². The molecule has 0 fully saturated rings. The maximum Gasteiger partial charge on any atom is 0.306 e. The maximum atomic E-state index is 12.8. The van der Waals surface area contributed by atoms with Gasteiger partial charge in [-0.2, -0.15) is 0 Å². The van der Waals surface area contributed by atoms with Crippen LogP contribution in [0.25, 0.3) is 0 Å². The first-order valence-corrected chi connectivity index (χ1v) is 28.1. The smallest absolute Gasteiger partial charge is 0.306 e. The zero-order valence-corrected chi connectivity index (χ0v) is 43.4. The summed E-state index contributed by atoms with van der Waals surface area (Å²) < 4.78 is 16.8. The molecule has 0 rings (SSSR count). The summed E-state index contributed by atoms with van der Waals surface area (Å²) >= 11 is 0. The number of hydrogen-bond acceptors (Lipinski definition) is 6. The summed E-state index contributed by atoms with van der Waals surface area (Å²) in [7, 11) is 0. The summed E-state index contributed by atoms with van der Waals surface area (Å²) in [6, 6.07) is 0. The predicted octanol–water partition coefficient (Wildman–Crippen LogP) is 18.3. The number of carbonyl (C=O) groups excluding carboxylic acids is 3. The van der Waals surface area contributed by atoms with Gasteiger partial charge in [0.1, 0.15) is 13.2 Å². The lowest BCUT2D eigenvalue weighted by Crippen LogP contribution is -2.30. The molecule has 0 heterocycles. The van der Waals surface area contributed by atoms with Crippen molar-refractivity contribution in [1.29, 1.82) is 0 Å². The lowest BCUT2D eigenvalue weighted by molar-refractivity contribution is -0.167. The molecule has 0 amide bonds. The first-order valence-electron chi connectivity index (χ1n) is 28.1. The molecule has 6 nitrogen and oxygen atoms in total. The van der Waals surface area contributed by atoms with Crippen molar-refractivity contribution in [2.45, 2.75) is 317 Å². The van der Waals surface area contributed by atoms with Crippen molar-refractivity contribution in [2.75, 3.05) is 13.2 Å². The fourth-order valence-corrected chi connectivity index (χ4v) is 8.65. The molecule has 0 saturated heterocycles. The van der Waals surface area contributed by atoms with E-state index in [1.807, 2.05) is 0 Å². The molecule has 0 unspecified atom stereocenters. The second-order valence-corrected chi connectivity index (χ2v) is 21.0. The van der Waals surface area contributed by atoms with Gasteiger partial charge in [0, 0.05) is 19.3 Å². The molecule has 0 bridgehead atoms. The Morgan fingerprint density at radius 3 is 0.683 bits per heavy atom. The van der Waals surface area contributed by atoms with Crippen molar-refractivity contribution >= 4 is 17.9 Å². The van der Waals surface area contributed by atoms with Gasteiger partial charge in [-0.25, -0.2) is 0 Å². The number of hydrogen-bond donors (Lipinski definition) is 0. The minimum Gasteiger partial charge on any atom is -0.462 e. The Morgan fingerprint density at radius 2 is 0.460 bits per heavy atom. The summed E-state index contributed by atoms with van der Waals surface area (Å²) in [5.41, 5.74) is 0. The fraction of sp³-hybridized carbons (Fsp3) is 0.947. The molecule has 0 N–H and O–H groups in total. The third-order valence-corrected chi connectivity index (χ3v) is 12.9. The molecule has 6 heteroatoms. The third-order valence-electron chi connectivity index (χ3n) is 12.9. The van der Waals surface area contributed by atoms with Gasteiger partial charge in [0.25, 0.3) is 0 Å². The monoisotopic (exact) mass is 891 g/mol. The van der Waals surface area contributed by atoms with E-state index in [1.54, 1.807) is 0 Å². The molecule has 374 valence electrons. The number of carbonyl (C=O) groups is 3. The van der Waals surface area contributed by atoms with Gasteiger partial charge in [0.2, 0.25) is 0 Å². The van der Waals surface area contributed by atoms with Crippen LogP contribution in [0.4, 0.5) is 0 Å². The van der Waals surface area contributed by atoms with Crippen molar-refractivity contribution in [3.05, 3.63) is 0 Å². The van der Waals surface area contributed by atoms with E-state index in [2.05, 4.69) is 41.5 Å². The Balaban J connectivity index is 4.22. The maximum absolute atomic E-state index is 12.8. The Hall–Kier alpha value is -1.59. The van der Waals surface area contributed by atoms with E-state index in [4.69, 9.17) is 14.2 Å². The molecule has 0 aliphatic carbocycles. The highest BCUT2D eigenvalue weighted by molar-refractivity contribution is 5.71. The molecule has 63 heavy (non-hydrogen) atoms. The number of unbranched alkanes of at least 4 members (excludes halogenated alkanes) is 33. The summed E-state index contributed by atoms with van der Waals surface area (Å²) in [6.45, 7) is 13.7. The molecular weight excluding hydrogens is 781 g/mol. The van der Waals surface area contributed by atoms with Crippen LogP contribution in [-0.4, -0.2) is 37.2 Å². The van der Waals surface area contributed by atoms with Crippen molar-refractivity contribution in [3.8, 4) is 0 Å². The highest BCUT2D eigenvalue weighted by Crippen LogP contribution is 2.18. The zero-order chi connectivity index (χ0) is 46.3. The average Bonchev–Trinajstić information content (AvgIpc) is 3.24. The van der Waals surface area contributed by atoms with Crippen molar-refractivity contribution in [1.82, 2.24) is 0 Å². The normalized spacial score (nSPS) is 12.1. The van der Waals surface area contributed by atoms with Gasteiger partial charge in [-0.1, -0.05) is 273 Å². The van der Waals surface area contributed by atoms with Crippen LogP contribution < -0.4 is 0 Å². The van der Waals surface area contributed by atoms with E-state index < -0.39 is 6.10 Å². The minimum atomic E-state index is -0.763. The van der Waals surface area contributed by atoms with E-state index in [-0.39, 0.29) is 31.1 Å². The molecule has 0 aliphatic rings. The van der Waals surface area contributed by atoms with Gasteiger partial charge in [0.15, 0.2) is 6.10 Å². The van der Waals surface area contributed by atoms with E-state index in [0.29, 0.717) is 19.3 Å². The van der Waals surface area contributed by atoms with Crippen LogP contribution in [0.5, 0.6) is 0 Å². The average molecular weight is 892 g/mol. The number of esters is 3. The van der Waals surface area contributed by atoms with Gasteiger partial charge < -0.3 is 14.2 Å². The quantitative estimate of drug-likeness (QED) is 0.0344. The fourth-order valence-electron chi connectivity index (χ4n) is 8.65. The highest BCUT2D eigenvalue weighted by atomic mass is 16.6. The summed E-state index contributed by atoms with van der Waals surface area (Å²) in [4.78, 5) is 38.0. The third kappa shape index (κ3) is 51.3. The standard InChI is InChI=1S/C57H110O6/c1-51(2)43-37-31-25-21-17-13-9-7-11-15-19-23-27-34-40-46-55(58)61-49-54(50-62-56(59)47-41-35-30-29-33-39-45-53(5)6)63-57(60)48-42-36-28-24-20-16-12-8-10-14-18-22-26-32-38-44-52(3)4/h51-54H,7-50H2,1-6H3/t54-/m1/s1. The number of rotatable bonds is 50. The van der Waals surface area contributed by atoms with E-state index in [9.17, 15) is 14.4 Å². The Bertz CT molecular complexity index is 976. The van der Waals surface area contributed by atoms with Gasteiger partial charge in [0.05, 0.1) is 0 Å². The molecule has 0 saturated carbocycles.